The highest BCUT2D eigenvalue weighted by molar-refractivity contribution is 9.10. The first kappa shape index (κ1) is 16.1. The van der Waals surface area contributed by atoms with Gasteiger partial charge in [-0.2, -0.15) is 13.2 Å². The second-order valence-electron chi connectivity index (χ2n) is 4.68. The summed E-state index contributed by atoms with van der Waals surface area (Å²) < 4.78 is 44.1. The largest absolute Gasteiger partial charge is 0.472 e. The summed E-state index contributed by atoms with van der Waals surface area (Å²) in [7, 11) is 0. The molecule has 1 aromatic carbocycles. The molecule has 0 spiro atoms. The molecule has 21 heavy (non-hydrogen) atoms. The SMILES string of the molecule is CCCNC(c1ccoc1)c1ccc(Br)c(C(F)(F)F)c1. The van der Waals surface area contributed by atoms with Crippen molar-refractivity contribution in [3.63, 3.8) is 0 Å². The van der Waals surface area contributed by atoms with Crippen LogP contribution < -0.4 is 5.32 Å². The highest BCUT2D eigenvalue weighted by atomic mass is 79.9. The van der Waals surface area contributed by atoms with Crippen LogP contribution in [0.15, 0.2) is 45.7 Å². The van der Waals surface area contributed by atoms with Gasteiger partial charge < -0.3 is 9.73 Å². The molecule has 2 rings (SSSR count). The molecule has 0 aliphatic carbocycles. The normalized spacial score (nSPS) is 13.4. The Morgan fingerprint density at radius 2 is 2.00 bits per heavy atom. The third-order valence-electron chi connectivity index (χ3n) is 3.10. The van der Waals surface area contributed by atoms with Gasteiger partial charge in [-0.25, -0.2) is 0 Å². The van der Waals surface area contributed by atoms with Crippen molar-refractivity contribution in [1.82, 2.24) is 5.32 Å². The quantitative estimate of drug-likeness (QED) is 0.796. The van der Waals surface area contributed by atoms with Gasteiger partial charge in [-0.05, 0) is 36.7 Å². The molecule has 2 nitrogen and oxygen atoms in total. The summed E-state index contributed by atoms with van der Waals surface area (Å²) in [4.78, 5) is 0. The third-order valence-corrected chi connectivity index (χ3v) is 3.80. The zero-order valence-corrected chi connectivity index (χ0v) is 13.0. The van der Waals surface area contributed by atoms with Crippen LogP contribution in [0.2, 0.25) is 0 Å². The van der Waals surface area contributed by atoms with Crippen LogP contribution in [0.25, 0.3) is 0 Å². The Bertz CT molecular complexity index is 581. The van der Waals surface area contributed by atoms with E-state index in [0.717, 1.165) is 12.0 Å². The summed E-state index contributed by atoms with van der Waals surface area (Å²) in [5.74, 6) is 0. The van der Waals surface area contributed by atoms with Crippen LogP contribution in [-0.4, -0.2) is 6.54 Å². The maximum absolute atomic E-state index is 13.0. The number of hydrogen-bond donors (Lipinski definition) is 1. The summed E-state index contributed by atoms with van der Waals surface area (Å²) in [6.07, 6.45) is -0.445. The van der Waals surface area contributed by atoms with E-state index in [-0.39, 0.29) is 10.5 Å². The third kappa shape index (κ3) is 3.89. The predicted octanol–water partition coefficient (Wildman–Crippen LogP) is 5.15. The highest BCUT2D eigenvalue weighted by Crippen LogP contribution is 2.37. The maximum atomic E-state index is 13.0. The summed E-state index contributed by atoms with van der Waals surface area (Å²) in [6.45, 7) is 2.70. The molecule has 0 bridgehead atoms. The van der Waals surface area contributed by atoms with Crippen molar-refractivity contribution in [3.8, 4) is 0 Å². The summed E-state index contributed by atoms with van der Waals surface area (Å²) >= 11 is 2.96. The van der Waals surface area contributed by atoms with E-state index in [2.05, 4.69) is 21.2 Å². The van der Waals surface area contributed by atoms with E-state index in [0.29, 0.717) is 12.1 Å². The molecule has 0 aliphatic heterocycles. The molecule has 0 amide bonds. The molecule has 6 heteroatoms. The Labute approximate surface area is 129 Å². The fraction of sp³-hybridized carbons (Fsp3) is 0.333. The standard InChI is InChI=1S/C15H15BrF3NO/c1-2-6-20-14(11-5-7-21-9-11)10-3-4-13(16)12(8-10)15(17,18)19/h3-5,7-9,14,20H,2,6H2,1H3. The average molecular weight is 362 g/mol. The van der Waals surface area contributed by atoms with Crippen molar-refractivity contribution in [3.05, 3.63) is 58.0 Å². The fourth-order valence-electron chi connectivity index (χ4n) is 2.10. The molecule has 0 saturated heterocycles. The lowest BCUT2D eigenvalue weighted by atomic mass is 9.99. The van der Waals surface area contributed by atoms with Gasteiger partial charge in [-0.3, -0.25) is 0 Å². The molecule has 1 heterocycles. The first-order chi connectivity index (χ1) is 9.93. The van der Waals surface area contributed by atoms with Gasteiger partial charge in [0, 0.05) is 10.0 Å². The second kappa shape index (κ2) is 6.66. The van der Waals surface area contributed by atoms with E-state index in [4.69, 9.17) is 4.42 Å². The molecule has 1 unspecified atom stereocenters. The summed E-state index contributed by atoms with van der Waals surface area (Å²) in [5.41, 5.74) is 0.686. The molecule has 1 N–H and O–H groups in total. The lowest BCUT2D eigenvalue weighted by Crippen LogP contribution is -2.23. The van der Waals surface area contributed by atoms with E-state index in [1.165, 1.54) is 18.4 Å². The smallest absolute Gasteiger partial charge is 0.417 e. The molecule has 0 aliphatic rings. The van der Waals surface area contributed by atoms with Gasteiger partial charge in [-0.15, -0.1) is 0 Å². The molecular weight excluding hydrogens is 347 g/mol. The Morgan fingerprint density at radius 1 is 1.24 bits per heavy atom. The fourth-order valence-corrected chi connectivity index (χ4v) is 2.57. The van der Waals surface area contributed by atoms with E-state index in [1.54, 1.807) is 18.4 Å². The van der Waals surface area contributed by atoms with Crippen molar-refractivity contribution in [2.75, 3.05) is 6.54 Å². The van der Waals surface area contributed by atoms with Gasteiger partial charge in [0.2, 0.25) is 0 Å². The van der Waals surface area contributed by atoms with Crippen LogP contribution in [-0.2, 0) is 6.18 Å². The van der Waals surface area contributed by atoms with Gasteiger partial charge >= 0.3 is 6.18 Å². The number of alkyl halides is 3. The zero-order chi connectivity index (χ0) is 15.5. The molecule has 0 saturated carbocycles. The zero-order valence-electron chi connectivity index (χ0n) is 11.4. The molecule has 114 valence electrons. The Balaban J connectivity index is 2.41. The van der Waals surface area contributed by atoms with Crippen LogP contribution in [0.5, 0.6) is 0 Å². The van der Waals surface area contributed by atoms with Gasteiger partial charge in [0.1, 0.15) is 0 Å². The van der Waals surface area contributed by atoms with E-state index in [9.17, 15) is 13.2 Å². The number of nitrogens with one attached hydrogen (secondary N) is 1. The minimum absolute atomic E-state index is 0.0418. The molecule has 1 atom stereocenters. The Hall–Kier alpha value is -1.27. The van der Waals surface area contributed by atoms with Crippen molar-refractivity contribution in [2.24, 2.45) is 0 Å². The van der Waals surface area contributed by atoms with Crippen molar-refractivity contribution in [2.45, 2.75) is 25.6 Å². The molecule has 0 fully saturated rings. The van der Waals surface area contributed by atoms with E-state index < -0.39 is 11.7 Å². The van der Waals surface area contributed by atoms with Gasteiger partial charge in [0.05, 0.1) is 24.1 Å². The van der Waals surface area contributed by atoms with E-state index >= 15 is 0 Å². The van der Waals surface area contributed by atoms with Crippen LogP contribution in [0.1, 0.15) is 36.1 Å². The van der Waals surface area contributed by atoms with E-state index in [1.807, 2.05) is 6.92 Å². The maximum Gasteiger partial charge on any atom is 0.417 e. The van der Waals surface area contributed by atoms with Gasteiger partial charge in [0.15, 0.2) is 0 Å². The monoisotopic (exact) mass is 361 g/mol. The van der Waals surface area contributed by atoms with Gasteiger partial charge in [-0.1, -0.05) is 28.9 Å². The number of halogens is 4. The molecule has 2 aromatic rings. The first-order valence-corrected chi connectivity index (χ1v) is 7.35. The summed E-state index contributed by atoms with van der Waals surface area (Å²) in [5, 5.41) is 3.24. The molecule has 0 radical (unpaired) electrons. The number of benzene rings is 1. The predicted molar refractivity (Wildman–Crippen MR) is 78.0 cm³/mol. The lowest BCUT2D eigenvalue weighted by molar-refractivity contribution is -0.138. The highest BCUT2D eigenvalue weighted by Gasteiger charge is 2.33. The summed E-state index contributed by atoms with van der Waals surface area (Å²) in [6, 6.07) is 5.71. The topological polar surface area (TPSA) is 25.2 Å². The van der Waals surface area contributed by atoms with Gasteiger partial charge in [0.25, 0.3) is 0 Å². The molecule has 1 aromatic heterocycles. The first-order valence-electron chi connectivity index (χ1n) is 6.55. The van der Waals surface area contributed by atoms with Crippen LogP contribution in [0.4, 0.5) is 13.2 Å². The number of hydrogen-bond acceptors (Lipinski definition) is 2. The van der Waals surface area contributed by atoms with Crippen molar-refractivity contribution < 1.29 is 17.6 Å². The minimum Gasteiger partial charge on any atom is -0.472 e. The Kier molecular flexibility index (Phi) is 5.11. The number of furan rings is 1. The lowest BCUT2D eigenvalue weighted by Gasteiger charge is -2.19. The van der Waals surface area contributed by atoms with Crippen LogP contribution in [0.3, 0.4) is 0 Å². The molecular formula is C15H15BrF3NO. The minimum atomic E-state index is -4.39. The number of rotatable bonds is 5. The van der Waals surface area contributed by atoms with Crippen molar-refractivity contribution >= 4 is 15.9 Å². The van der Waals surface area contributed by atoms with Crippen LogP contribution >= 0.6 is 15.9 Å². The second-order valence-corrected chi connectivity index (χ2v) is 5.54. The van der Waals surface area contributed by atoms with Crippen molar-refractivity contribution in [1.29, 1.82) is 0 Å². The average Bonchev–Trinajstić information content (AvgIpc) is 2.93. The Morgan fingerprint density at radius 3 is 2.57 bits per heavy atom. The van der Waals surface area contributed by atoms with Crippen LogP contribution in [0, 0.1) is 0 Å².